The zero-order valence-electron chi connectivity index (χ0n) is 36.3. The van der Waals surface area contributed by atoms with Crippen LogP contribution in [0.25, 0.3) is 11.2 Å². The molecule has 1 aliphatic heterocycles. The molecule has 318 valence electrons. The molecule has 7 rings (SSSR count). The highest BCUT2D eigenvalue weighted by molar-refractivity contribution is 6.74. The molecule has 0 spiro atoms. The topological polar surface area (TPSA) is 138 Å². The van der Waals surface area contributed by atoms with Gasteiger partial charge in [-0.2, -0.15) is 4.98 Å². The number of fused-ring (bicyclic) bond motifs is 1. The van der Waals surface area contributed by atoms with E-state index in [1.54, 1.807) is 36.4 Å². The van der Waals surface area contributed by atoms with Crippen molar-refractivity contribution in [2.45, 2.75) is 69.0 Å². The monoisotopic (exact) mass is 841 g/mol. The van der Waals surface area contributed by atoms with Crippen molar-refractivity contribution in [3.05, 3.63) is 148 Å². The van der Waals surface area contributed by atoms with E-state index in [1.165, 1.54) is 0 Å². The Morgan fingerprint density at radius 1 is 0.852 bits per heavy atom. The number of hydrogen-bond acceptors (Lipinski definition) is 10. The van der Waals surface area contributed by atoms with Crippen LogP contribution >= 0.6 is 0 Å². The number of methoxy groups -OCH3 is 2. The minimum Gasteiger partial charge on any atom is -0.497 e. The molecule has 3 heterocycles. The van der Waals surface area contributed by atoms with Gasteiger partial charge in [-0.15, -0.1) is 0 Å². The molecule has 1 saturated heterocycles. The summed E-state index contributed by atoms with van der Waals surface area (Å²) in [6, 6.07) is 35.4. The van der Waals surface area contributed by atoms with Crippen LogP contribution in [-0.4, -0.2) is 98.5 Å². The fraction of sp³-hybridized carbons (Fsp3) is 0.340. The second-order valence-corrected chi connectivity index (χ2v) is 21.6. The highest BCUT2D eigenvalue weighted by atomic mass is 28.4. The summed E-state index contributed by atoms with van der Waals surface area (Å²) >= 11 is 0. The Morgan fingerprint density at radius 2 is 1.43 bits per heavy atom. The van der Waals surface area contributed by atoms with Crippen LogP contribution in [0.2, 0.25) is 18.1 Å². The van der Waals surface area contributed by atoms with E-state index in [2.05, 4.69) is 61.0 Å². The summed E-state index contributed by atoms with van der Waals surface area (Å²) < 4.78 is 35.0. The van der Waals surface area contributed by atoms with Crippen LogP contribution in [0.15, 0.2) is 130 Å². The maximum atomic E-state index is 13.4. The van der Waals surface area contributed by atoms with Crippen LogP contribution < -0.4 is 15.0 Å². The van der Waals surface area contributed by atoms with Gasteiger partial charge in [-0.1, -0.05) is 106 Å². The van der Waals surface area contributed by atoms with E-state index < -0.39 is 44.0 Å². The molecule has 0 amide bonds. The van der Waals surface area contributed by atoms with Crippen LogP contribution in [0.1, 0.15) is 49.3 Å². The average molecular weight is 842 g/mol. The summed E-state index contributed by atoms with van der Waals surface area (Å²) in [5.74, 6) is 1.58. The Kier molecular flexibility index (Phi) is 12.7. The van der Waals surface area contributed by atoms with Crippen LogP contribution in [0, 0.1) is 0 Å². The fourth-order valence-corrected chi connectivity index (χ4v) is 8.52. The first kappa shape index (κ1) is 43.2. The normalized spacial score (nSPS) is 18.6. The van der Waals surface area contributed by atoms with E-state index in [4.69, 9.17) is 33.3 Å². The van der Waals surface area contributed by atoms with Gasteiger partial charge in [0.25, 0.3) is 5.56 Å². The van der Waals surface area contributed by atoms with E-state index in [1.807, 2.05) is 117 Å². The molecular formula is C47H55N7O6Si. The van der Waals surface area contributed by atoms with Gasteiger partial charge in [-0.3, -0.25) is 19.3 Å². The molecule has 1 aliphatic rings. The van der Waals surface area contributed by atoms with Gasteiger partial charge >= 0.3 is 0 Å². The number of rotatable bonds is 15. The summed E-state index contributed by atoms with van der Waals surface area (Å²) in [7, 11) is 4.46. The molecule has 13 nitrogen and oxygen atoms in total. The minimum atomic E-state index is -2.52. The molecule has 0 unspecified atom stereocenters. The highest BCUT2D eigenvalue weighted by Gasteiger charge is 2.52. The quantitative estimate of drug-likeness (QED) is 0.0470. The molecule has 61 heavy (non-hydrogen) atoms. The summed E-state index contributed by atoms with van der Waals surface area (Å²) in [6.45, 7) is 11.1. The number of nitrogens with zero attached hydrogens (tertiary/aromatic N) is 6. The predicted octanol–water partition coefficient (Wildman–Crippen LogP) is 8.14. The molecule has 14 heteroatoms. The Morgan fingerprint density at radius 3 is 1.98 bits per heavy atom. The van der Waals surface area contributed by atoms with Crippen molar-refractivity contribution in [3.63, 3.8) is 0 Å². The third-order valence-electron chi connectivity index (χ3n) is 11.5. The Bertz CT molecular complexity index is 2450. The lowest BCUT2D eigenvalue weighted by Crippen LogP contribution is -2.48. The van der Waals surface area contributed by atoms with Gasteiger partial charge in [0.05, 0.1) is 33.5 Å². The van der Waals surface area contributed by atoms with Crippen molar-refractivity contribution in [1.29, 1.82) is 0 Å². The first-order valence-corrected chi connectivity index (χ1v) is 23.2. The number of ether oxygens (including phenoxy) is 4. The second kappa shape index (κ2) is 18.0. The smallest absolute Gasteiger partial charge is 0.280 e. The average Bonchev–Trinajstić information content (AvgIpc) is 3.83. The van der Waals surface area contributed by atoms with Gasteiger partial charge in [-0.25, -0.2) is 9.98 Å². The van der Waals surface area contributed by atoms with Gasteiger partial charge in [-0.05, 0) is 64.7 Å². The van der Waals surface area contributed by atoms with E-state index in [-0.39, 0.29) is 23.1 Å². The Balaban J connectivity index is 1.40. The fourth-order valence-electron chi connectivity index (χ4n) is 7.23. The number of benzene rings is 4. The standard InChI is InChI=1S/C47H55N7O6Si/c1-46(2,3)61(8,9)60-41-39(48-28-32-16-12-10-13-17-32)38(59-44(41)54-31-49-40-42(54)51-45(52-43(40)55)50-30-53(4)5)29-58-47(33-18-14-11-15-19-33,34-20-24-36(56-6)25-21-34)35-22-26-37(57-7)27-23-35/h10-28,30-31,38-39,41,44H,29H2,1-9H3,(H,51,52,55)/t38-,39-,41-,44-/m1/s1. The SMILES string of the molecule is COc1ccc(C(OC[C@H]2O[C@@H](n3cnc4c(=O)[nH]c(N=CN(C)C)nc43)[C@H](O[Si](C)(C)C(C)(C)C)[C@@H]2N=Cc2ccccc2)(c2ccccc2)c2ccc(OC)cc2)cc1. The molecule has 1 fully saturated rings. The number of aromatic amines is 1. The minimum absolute atomic E-state index is 0.0800. The maximum Gasteiger partial charge on any atom is 0.280 e. The molecule has 0 saturated carbocycles. The Labute approximate surface area is 358 Å². The van der Waals surface area contributed by atoms with E-state index in [0.29, 0.717) is 5.65 Å². The molecule has 0 aliphatic carbocycles. The lowest BCUT2D eigenvalue weighted by molar-refractivity contribution is -0.0850. The van der Waals surface area contributed by atoms with E-state index in [0.717, 1.165) is 33.8 Å². The molecular weight excluding hydrogens is 787 g/mol. The van der Waals surface area contributed by atoms with E-state index >= 15 is 0 Å². The Hall–Kier alpha value is -5.93. The van der Waals surface area contributed by atoms with Crippen molar-refractivity contribution >= 4 is 38.0 Å². The van der Waals surface area contributed by atoms with Gasteiger partial charge < -0.3 is 28.3 Å². The van der Waals surface area contributed by atoms with Gasteiger partial charge in [0.2, 0.25) is 5.95 Å². The summed E-state index contributed by atoms with van der Waals surface area (Å²) in [5, 5.41) is -0.161. The largest absolute Gasteiger partial charge is 0.497 e. The van der Waals surface area contributed by atoms with Crippen molar-refractivity contribution in [3.8, 4) is 11.5 Å². The van der Waals surface area contributed by atoms with Crippen LogP contribution in [0.3, 0.4) is 0 Å². The van der Waals surface area contributed by atoms with Gasteiger partial charge in [0.1, 0.15) is 35.3 Å². The number of nitrogens with one attached hydrogen (secondary N) is 1. The number of aromatic nitrogens is 4. The molecule has 2 aromatic heterocycles. The van der Waals surface area contributed by atoms with Crippen LogP contribution in [-0.2, 0) is 19.5 Å². The third kappa shape index (κ3) is 9.08. The molecule has 4 atom stereocenters. The molecule has 6 aromatic rings. The molecule has 1 N–H and O–H groups in total. The van der Waals surface area contributed by atoms with Gasteiger partial charge in [0, 0.05) is 20.3 Å². The second-order valence-electron chi connectivity index (χ2n) is 16.8. The zero-order valence-corrected chi connectivity index (χ0v) is 37.3. The third-order valence-corrected chi connectivity index (χ3v) is 16.0. The lowest BCUT2D eigenvalue weighted by atomic mass is 9.80. The van der Waals surface area contributed by atoms with Crippen molar-refractivity contribution in [1.82, 2.24) is 24.4 Å². The van der Waals surface area contributed by atoms with Crippen molar-refractivity contribution < 1.29 is 23.4 Å². The number of hydrogen-bond donors (Lipinski definition) is 1. The van der Waals surface area contributed by atoms with E-state index in [9.17, 15) is 4.79 Å². The van der Waals surface area contributed by atoms with Crippen LogP contribution in [0.4, 0.5) is 5.95 Å². The van der Waals surface area contributed by atoms with Crippen molar-refractivity contribution in [2.75, 3.05) is 34.9 Å². The number of H-pyrrole nitrogens is 1. The maximum absolute atomic E-state index is 13.4. The van der Waals surface area contributed by atoms with Gasteiger partial charge in [0.15, 0.2) is 25.7 Å². The summed E-state index contributed by atoms with van der Waals surface area (Å²) in [6.07, 6.45) is 2.92. The molecule has 0 bridgehead atoms. The number of imidazole rings is 1. The summed E-state index contributed by atoms with van der Waals surface area (Å²) in [5.41, 5.74) is 2.53. The number of aliphatic imine (C=N–C) groups is 2. The summed E-state index contributed by atoms with van der Waals surface area (Å²) in [4.78, 5) is 36.9. The lowest BCUT2D eigenvalue weighted by Gasteiger charge is -2.40. The first-order chi connectivity index (χ1) is 29.2. The zero-order chi connectivity index (χ0) is 43.4. The molecule has 0 radical (unpaired) electrons. The predicted molar refractivity (Wildman–Crippen MR) is 242 cm³/mol. The van der Waals surface area contributed by atoms with Crippen LogP contribution in [0.5, 0.6) is 11.5 Å². The first-order valence-electron chi connectivity index (χ1n) is 20.3. The highest BCUT2D eigenvalue weighted by Crippen LogP contribution is 2.46. The molecule has 4 aromatic carbocycles. The van der Waals surface area contributed by atoms with Crippen molar-refractivity contribution in [2.24, 2.45) is 9.98 Å².